The minimum atomic E-state index is -4.79. The van der Waals surface area contributed by atoms with Crippen molar-refractivity contribution in [1.29, 1.82) is 0 Å². The van der Waals surface area contributed by atoms with Crippen molar-refractivity contribution in [2.45, 2.75) is 50.2 Å². The lowest BCUT2D eigenvalue weighted by Gasteiger charge is -2.28. The molecule has 0 saturated heterocycles. The Morgan fingerprint density at radius 2 is 1.05 bits per heavy atom. The molecule has 0 aromatic rings. The summed E-state index contributed by atoms with van der Waals surface area (Å²) in [6.45, 7) is 0. The molecule has 0 N–H and O–H groups in total. The van der Waals surface area contributed by atoms with Gasteiger partial charge in [-0.25, -0.2) is 0 Å². The molecule has 2 atom stereocenters. The molecule has 0 aliphatic rings. The third-order valence-corrected chi connectivity index (χ3v) is 3.38. The molecule has 0 aromatic heterocycles. The zero-order chi connectivity index (χ0) is 15.1. The summed E-state index contributed by atoms with van der Waals surface area (Å²) in [5.41, 5.74) is 0. The second-order valence-electron chi connectivity index (χ2n) is 3.86. The first-order valence-corrected chi connectivity index (χ1v) is 7.78. The van der Waals surface area contributed by atoms with Crippen molar-refractivity contribution in [3.8, 4) is 0 Å². The molecule has 0 heterocycles. The summed E-state index contributed by atoms with van der Waals surface area (Å²) < 4.78 is 79.9. The van der Waals surface area contributed by atoms with E-state index in [0.717, 1.165) is 0 Å². The van der Waals surface area contributed by atoms with Gasteiger partial charge in [-0.1, -0.05) is 31.9 Å². The minimum absolute atomic E-state index is 0.0905. The first-order valence-electron chi connectivity index (χ1n) is 5.53. The Kier molecular flexibility index (Phi) is 8.94. The highest BCUT2D eigenvalue weighted by molar-refractivity contribution is 9.09. The van der Waals surface area contributed by atoms with Crippen molar-refractivity contribution < 1.29 is 31.1 Å². The number of ether oxygens (including phenoxy) is 1. The van der Waals surface area contributed by atoms with Crippen molar-refractivity contribution in [2.24, 2.45) is 0 Å². The van der Waals surface area contributed by atoms with Gasteiger partial charge in [0.25, 0.3) is 0 Å². The Hall–Kier alpha value is 0.500. The van der Waals surface area contributed by atoms with E-state index in [0.29, 0.717) is 0 Å². The minimum Gasteiger partial charge on any atom is -0.356 e. The van der Waals surface area contributed by atoms with Crippen LogP contribution in [0.25, 0.3) is 0 Å². The van der Waals surface area contributed by atoms with Gasteiger partial charge in [0.1, 0.15) is 0 Å². The monoisotopic (exact) mass is 422 g/mol. The molecule has 0 aromatic carbocycles. The second kappa shape index (κ2) is 8.71. The van der Waals surface area contributed by atoms with Crippen molar-refractivity contribution in [3.05, 3.63) is 0 Å². The number of halogens is 8. The molecule has 0 fully saturated rings. The molecule has 0 rings (SSSR count). The van der Waals surface area contributed by atoms with E-state index in [-0.39, 0.29) is 23.5 Å². The van der Waals surface area contributed by atoms with Crippen LogP contribution in [0.1, 0.15) is 25.7 Å². The first-order chi connectivity index (χ1) is 8.62. The van der Waals surface area contributed by atoms with Crippen molar-refractivity contribution in [2.75, 3.05) is 10.7 Å². The van der Waals surface area contributed by atoms with Gasteiger partial charge in [-0.05, 0) is 25.7 Å². The SMILES string of the molecule is FC(F)(F)C(CCCBr)OC(CCCBr)C(F)(F)F. The lowest BCUT2D eigenvalue weighted by Crippen LogP contribution is -2.41. The molecular formula is C10H14Br2F6O. The van der Waals surface area contributed by atoms with Crippen LogP contribution in [0.2, 0.25) is 0 Å². The molecule has 116 valence electrons. The third kappa shape index (κ3) is 8.39. The fraction of sp³-hybridized carbons (Fsp3) is 1.00. The Labute approximate surface area is 124 Å². The maximum atomic E-state index is 12.6. The molecule has 0 amide bonds. The van der Waals surface area contributed by atoms with Crippen LogP contribution in [-0.2, 0) is 4.74 Å². The molecule has 2 unspecified atom stereocenters. The molecule has 0 radical (unpaired) electrons. The lowest BCUT2D eigenvalue weighted by atomic mass is 10.1. The smallest absolute Gasteiger partial charge is 0.356 e. The molecule has 0 aliphatic carbocycles. The predicted octanol–water partition coefficient (Wildman–Crippen LogP) is 5.22. The Morgan fingerprint density at radius 1 is 0.737 bits per heavy atom. The maximum absolute atomic E-state index is 12.6. The summed E-state index contributed by atoms with van der Waals surface area (Å²) in [5.74, 6) is 0. The van der Waals surface area contributed by atoms with Crippen LogP contribution in [0.15, 0.2) is 0 Å². The van der Waals surface area contributed by atoms with E-state index in [2.05, 4.69) is 36.6 Å². The number of hydrogen-bond donors (Lipinski definition) is 0. The predicted molar refractivity (Wildman–Crippen MR) is 66.8 cm³/mol. The molecule has 0 aliphatic heterocycles. The summed E-state index contributed by atoms with van der Waals surface area (Å²) in [4.78, 5) is 0. The van der Waals surface area contributed by atoms with E-state index in [1.165, 1.54) is 0 Å². The molecule has 0 spiro atoms. The zero-order valence-electron chi connectivity index (χ0n) is 9.83. The standard InChI is InChI=1S/C10H14Br2F6O/c11-5-1-3-7(9(13,14)15)19-8(4-2-6-12)10(16,17)18/h7-8H,1-6H2. The van der Waals surface area contributed by atoms with Gasteiger partial charge >= 0.3 is 12.4 Å². The van der Waals surface area contributed by atoms with Crippen LogP contribution in [0.5, 0.6) is 0 Å². The summed E-state index contributed by atoms with van der Waals surface area (Å²) in [6.07, 6.45) is -15.1. The van der Waals surface area contributed by atoms with Gasteiger partial charge < -0.3 is 4.74 Å². The molecule has 1 nitrogen and oxygen atoms in total. The zero-order valence-corrected chi connectivity index (χ0v) is 13.0. The topological polar surface area (TPSA) is 9.23 Å². The lowest BCUT2D eigenvalue weighted by molar-refractivity contribution is -0.288. The van der Waals surface area contributed by atoms with E-state index < -0.39 is 37.4 Å². The Bertz CT molecular complexity index is 219. The van der Waals surface area contributed by atoms with Crippen LogP contribution < -0.4 is 0 Å². The summed E-state index contributed by atoms with van der Waals surface area (Å²) >= 11 is 5.88. The summed E-state index contributed by atoms with van der Waals surface area (Å²) in [5, 5.41) is 0.558. The van der Waals surface area contributed by atoms with Gasteiger partial charge in [0.15, 0.2) is 12.2 Å². The summed E-state index contributed by atoms with van der Waals surface area (Å²) in [6, 6.07) is 0. The molecular weight excluding hydrogens is 410 g/mol. The van der Waals surface area contributed by atoms with E-state index in [9.17, 15) is 26.3 Å². The average Bonchev–Trinajstić information content (AvgIpc) is 2.24. The van der Waals surface area contributed by atoms with Gasteiger partial charge in [-0.15, -0.1) is 0 Å². The van der Waals surface area contributed by atoms with Crippen molar-refractivity contribution in [1.82, 2.24) is 0 Å². The molecule has 19 heavy (non-hydrogen) atoms. The van der Waals surface area contributed by atoms with E-state index in [4.69, 9.17) is 0 Å². The molecule has 0 bridgehead atoms. The summed E-state index contributed by atoms with van der Waals surface area (Å²) in [7, 11) is 0. The van der Waals surface area contributed by atoms with Gasteiger partial charge in [0, 0.05) is 10.7 Å². The normalized spacial score (nSPS) is 16.4. The fourth-order valence-corrected chi connectivity index (χ4v) is 1.99. The van der Waals surface area contributed by atoms with E-state index in [1.54, 1.807) is 0 Å². The van der Waals surface area contributed by atoms with Crippen LogP contribution >= 0.6 is 31.9 Å². The average molecular weight is 424 g/mol. The number of rotatable bonds is 8. The second-order valence-corrected chi connectivity index (χ2v) is 5.45. The van der Waals surface area contributed by atoms with Crippen molar-refractivity contribution in [3.63, 3.8) is 0 Å². The number of alkyl halides is 8. The highest BCUT2D eigenvalue weighted by Gasteiger charge is 2.47. The Morgan fingerprint density at radius 3 is 1.26 bits per heavy atom. The van der Waals surface area contributed by atoms with Crippen LogP contribution in [0.3, 0.4) is 0 Å². The van der Waals surface area contributed by atoms with Crippen LogP contribution in [0, 0.1) is 0 Å². The van der Waals surface area contributed by atoms with E-state index in [1.807, 2.05) is 0 Å². The van der Waals surface area contributed by atoms with Crippen molar-refractivity contribution >= 4 is 31.9 Å². The Balaban J connectivity index is 4.72. The van der Waals surface area contributed by atoms with Crippen LogP contribution in [0.4, 0.5) is 26.3 Å². The fourth-order valence-electron chi connectivity index (χ4n) is 1.34. The highest BCUT2D eigenvalue weighted by Crippen LogP contribution is 2.33. The maximum Gasteiger partial charge on any atom is 0.414 e. The quantitative estimate of drug-likeness (QED) is 0.384. The highest BCUT2D eigenvalue weighted by atomic mass is 79.9. The number of hydrogen-bond acceptors (Lipinski definition) is 1. The molecule has 0 saturated carbocycles. The van der Waals surface area contributed by atoms with E-state index >= 15 is 0 Å². The first kappa shape index (κ1) is 19.5. The van der Waals surface area contributed by atoms with Gasteiger partial charge in [0.2, 0.25) is 0 Å². The molecule has 9 heteroatoms. The largest absolute Gasteiger partial charge is 0.414 e. The van der Waals surface area contributed by atoms with Crippen LogP contribution in [-0.4, -0.2) is 35.2 Å². The van der Waals surface area contributed by atoms with Gasteiger partial charge in [-0.2, -0.15) is 26.3 Å². The van der Waals surface area contributed by atoms with Gasteiger partial charge in [-0.3, -0.25) is 0 Å². The van der Waals surface area contributed by atoms with Gasteiger partial charge in [0.05, 0.1) is 0 Å². The third-order valence-electron chi connectivity index (χ3n) is 2.26.